The molecule has 2 aliphatic rings. The zero-order valence-electron chi connectivity index (χ0n) is 22.5. The van der Waals surface area contributed by atoms with Crippen LogP contribution < -0.4 is 10.5 Å². The average Bonchev–Trinajstić information content (AvgIpc) is 3.29. The molecule has 38 heavy (non-hydrogen) atoms. The maximum Gasteiger partial charge on any atom is 0.414 e. The number of methoxy groups -OCH3 is 1. The molecule has 5 rings (SSSR count). The maximum absolute atomic E-state index is 12.6. The van der Waals surface area contributed by atoms with Gasteiger partial charge in [0.1, 0.15) is 5.82 Å². The van der Waals surface area contributed by atoms with Crippen molar-refractivity contribution in [2.45, 2.75) is 58.2 Å². The fourth-order valence-corrected chi connectivity index (χ4v) is 5.98. The lowest BCUT2D eigenvalue weighted by Gasteiger charge is -2.34. The van der Waals surface area contributed by atoms with Crippen molar-refractivity contribution in [1.82, 2.24) is 19.0 Å². The summed E-state index contributed by atoms with van der Waals surface area (Å²) in [6.45, 7) is 11.1. The molecule has 202 valence electrons. The van der Waals surface area contributed by atoms with E-state index in [0.29, 0.717) is 18.9 Å². The van der Waals surface area contributed by atoms with E-state index >= 15 is 0 Å². The smallest absolute Gasteiger partial charge is 0.414 e. The number of carbonyl (C=O) groups is 1. The minimum atomic E-state index is -0.337. The Balaban J connectivity index is 1.46. The van der Waals surface area contributed by atoms with Crippen LogP contribution in [0.2, 0.25) is 0 Å². The first-order valence-electron chi connectivity index (χ1n) is 13.7. The van der Waals surface area contributed by atoms with Crippen molar-refractivity contribution in [1.29, 1.82) is 0 Å². The summed E-state index contributed by atoms with van der Waals surface area (Å²) in [5.74, 6) is 1.61. The van der Waals surface area contributed by atoms with Gasteiger partial charge in [0.2, 0.25) is 0 Å². The summed E-state index contributed by atoms with van der Waals surface area (Å²) in [6, 6.07) is 9.44. The largest absolute Gasteiger partial charge is 0.452 e. The Hall–Kier alpha value is -3.46. The van der Waals surface area contributed by atoms with Gasteiger partial charge >= 0.3 is 6.09 Å². The number of piperidine rings is 1. The first kappa shape index (κ1) is 26.2. The van der Waals surface area contributed by atoms with Crippen LogP contribution >= 0.6 is 0 Å². The lowest BCUT2D eigenvalue weighted by Crippen LogP contribution is -2.42. The van der Waals surface area contributed by atoms with Gasteiger partial charge in [0.05, 0.1) is 23.8 Å². The molecule has 0 bridgehead atoms. The summed E-state index contributed by atoms with van der Waals surface area (Å²) < 4.78 is 9.15. The highest BCUT2D eigenvalue weighted by Gasteiger charge is 2.31. The molecule has 3 aromatic rings. The number of imidazole rings is 1. The summed E-state index contributed by atoms with van der Waals surface area (Å²) in [7, 11) is 1.43. The molecule has 9 heteroatoms. The lowest BCUT2D eigenvalue weighted by molar-refractivity contribution is 0.175. The second-order valence-electron chi connectivity index (χ2n) is 10.5. The van der Waals surface area contributed by atoms with E-state index in [-0.39, 0.29) is 17.7 Å². The number of hydrogen-bond acceptors (Lipinski definition) is 6. The molecular weight excluding hydrogens is 480 g/mol. The van der Waals surface area contributed by atoms with Gasteiger partial charge in [-0.05, 0) is 76.5 Å². The number of fused-ring (bicyclic) bond motifs is 3. The Morgan fingerprint density at radius 2 is 1.95 bits per heavy atom. The van der Waals surface area contributed by atoms with Gasteiger partial charge in [-0.25, -0.2) is 9.78 Å². The summed E-state index contributed by atoms with van der Waals surface area (Å²) >= 11 is 0. The van der Waals surface area contributed by atoms with Crippen molar-refractivity contribution >= 4 is 29.5 Å². The van der Waals surface area contributed by atoms with Gasteiger partial charge < -0.3 is 23.8 Å². The van der Waals surface area contributed by atoms with Crippen LogP contribution in [-0.4, -0.2) is 71.2 Å². The molecule has 1 saturated heterocycles. The lowest BCUT2D eigenvalue weighted by atomic mass is 9.96. The van der Waals surface area contributed by atoms with Crippen LogP contribution in [-0.2, 0) is 30.7 Å². The average molecular weight is 519 g/mol. The first-order chi connectivity index (χ1) is 18.5. The highest BCUT2D eigenvalue weighted by molar-refractivity contribution is 5.95. The number of aromatic nitrogens is 3. The van der Waals surface area contributed by atoms with Gasteiger partial charge in [-0.2, -0.15) is 0 Å². The number of amides is 1. The van der Waals surface area contributed by atoms with E-state index in [4.69, 9.17) is 9.72 Å². The molecule has 0 spiro atoms. The van der Waals surface area contributed by atoms with Crippen LogP contribution in [0, 0.1) is 5.92 Å². The van der Waals surface area contributed by atoms with Gasteiger partial charge in [0, 0.05) is 56.5 Å². The van der Waals surface area contributed by atoms with E-state index in [2.05, 4.69) is 34.2 Å². The number of ether oxygens (including phenoxy) is 1. The van der Waals surface area contributed by atoms with E-state index in [0.717, 1.165) is 86.5 Å². The fourth-order valence-electron chi connectivity index (χ4n) is 5.98. The molecular formula is C29H38N6O3. The monoisotopic (exact) mass is 518 g/mol. The van der Waals surface area contributed by atoms with Crippen molar-refractivity contribution in [2.24, 2.45) is 10.9 Å². The van der Waals surface area contributed by atoms with E-state index < -0.39 is 0 Å². The zero-order valence-corrected chi connectivity index (χ0v) is 22.5. The Morgan fingerprint density at radius 1 is 1.13 bits per heavy atom. The number of carbonyl (C=O) groups excluding carboxylic acids is 1. The summed E-state index contributed by atoms with van der Waals surface area (Å²) in [6.07, 6.45) is 6.17. The van der Waals surface area contributed by atoms with E-state index in [1.54, 1.807) is 21.6 Å². The molecule has 0 N–H and O–H groups in total. The molecule has 1 fully saturated rings. The summed E-state index contributed by atoms with van der Waals surface area (Å²) in [5.41, 5.74) is 4.02. The number of benzene rings is 1. The van der Waals surface area contributed by atoms with Crippen molar-refractivity contribution in [3.63, 3.8) is 0 Å². The standard InChI is InChI=1S/C29H38N6O3/c1-21-7-8-23-24(35(21)29(37)38-3)9-10-25-28(23)31-26(13-17-33-14-5-4-6-27(33)36)34(25)19-18-32-15-11-22(12-16-32)20-30-2/h4-6,9-10,14,21-22H,2,7-8,11-13,15-20H2,1,3H3/t21-/m0/s1. The van der Waals surface area contributed by atoms with Crippen LogP contribution in [0.15, 0.2) is 46.3 Å². The van der Waals surface area contributed by atoms with E-state index in [1.807, 2.05) is 18.3 Å². The molecule has 0 radical (unpaired) electrons. The van der Waals surface area contributed by atoms with Gasteiger partial charge in [-0.1, -0.05) is 6.07 Å². The Labute approximate surface area is 223 Å². The topological polar surface area (TPSA) is 85.0 Å². The first-order valence-corrected chi connectivity index (χ1v) is 13.7. The summed E-state index contributed by atoms with van der Waals surface area (Å²) in [5, 5.41) is 0. The van der Waals surface area contributed by atoms with Gasteiger partial charge in [-0.15, -0.1) is 0 Å². The number of likely N-dealkylation sites (tertiary alicyclic amines) is 1. The van der Waals surface area contributed by atoms with Crippen LogP contribution in [0.5, 0.6) is 0 Å². The van der Waals surface area contributed by atoms with Crippen LogP contribution in [0.3, 0.4) is 0 Å². The van der Waals surface area contributed by atoms with Crippen LogP contribution in [0.4, 0.5) is 10.5 Å². The number of aryl methyl sites for hydroxylation is 3. The minimum absolute atomic E-state index is 0.00728. The second kappa shape index (κ2) is 11.5. The molecule has 2 aliphatic heterocycles. The van der Waals surface area contributed by atoms with Crippen molar-refractivity contribution in [2.75, 3.05) is 38.2 Å². The van der Waals surface area contributed by atoms with Gasteiger partial charge in [0.25, 0.3) is 5.56 Å². The maximum atomic E-state index is 12.6. The third-order valence-corrected chi connectivity index (χ3v) is 8.17. The number of aliphatic imine (C=N–C) groups is 1. The number of pyridine rings is 1. The quantitative estimate of drug-likeness (QED) is 0.424. The van der Waals surface area contributed by atoms with Crippen LogP contribution in [0.1, 0.15) is 37.6 Å². The molecule has 1 atom stereocenters. The molecule has 0 aliphatic carbocycles. The molecule has 4 heterocycles. The third kappa shape index (κ3) is 5.25. The van der Waals surface area contributed by atoms with Crippen molar-refractivity contribution < 1.29 is 9.53 Å². The zero-order chi connectivity index (χ0) is 26.6. The second-order valence-corrected chi connectivity index (χ2v) is 10.5. The SMILES string of the molecule is C=NCC1CCN(CCn2c(CCn3ccccc3=O)nc3c4c(ccc32)N(C(=O)OC)[C@@H](C)CC4)CC1. The van der Waals surface area contributed by atoms with Gasteiger partial charge in [0.15, 0.2) is 0 Å². The predicted molar refractivity (Wildman–Crippen MR) is 150 cm³/mol. The normalized spacial score (nSPS) is 18.5. The molecule has 0 saturated carbocycles. The molecule has 9 nitrogen and oxygen atoms in total. The molecule has 1 aromatic carbocycles. The number of anilines is 1. The minimum Gasteiger partial charge on any atom is -0.452 e. The number of rotatable bonds is 8. The van der Waals surface area contributed by atoms with Crippen molar-refractivity contribution in [3.05, 3.63) is 58.3 Å². The Morgan fingerprint density at radius 3 is 2.68 bits per heavy atom. The molecule has 2 aromatic heterocycles. The predicted octanol–water partition coefficient (Wildman–Crippen LogP) is 3.76. The number of hydrogen-bond donors (Lipinski definition) is 0. The van der Waals surface area contributed by atoms with Crippen LogP contribution in [0.25, 0.3) is 11.0 Å². The third-order valence-electron chi connectivity index (χ3n) is 8.17. The van der Waals surface area contributed by atoms with E-state index in [1.165, 1.54) is 7.11 Å². The van der Waals surface area contributed by atoms with Gasteiger partial charge in [-0.3, -0.25) is 9.69 Å². The Bertz CT molecular complexity index is 1350. The molecule has 0 unspecified atom stereocenters. The van der Waals surface area contributed by atoms with Crippen molar-refractivity contribution in [3.8, 4) is 0 Å². The number of nitrogens with zero attached hydrogens (tertiary/aromatic N) is 6. The highest BCUT2D eigenvalue weighted by atomic mass is 16.5. The molecule has 1 amide bonds. The summed E-state index contributed by atoms with van der Waals surface area (Å²) in [4.78, 5) is 38.4. The van der Waals surface area contributed by atoms with E-state index in [9.17, 15) is 9.59 Å². The Kier molecular flexibility index (Phi) is 7.93. The fraction of sp³-hybridized carbons (Fsp3) is 0.517. The highest BCUT2D eigenvalue weighted by Crippen LogP contribution is 2.36.